The van der Waals surface area contributed by atoms with Crippen LogP contribution >= 0.6 is 10.0 Å². The molecule has 13 rings (SSSR count). The number of allylic oxidation sites excluding steroid dienone is 16. The molecule has 0 saturated heterocycles. The van der Waals surface area contributed by atoms with Crippen molar-refractivity contribution >= 4 is 48.3 Å². The van der Waals surface area contributed by atoms with E-state index in [9.17, 15) is 0 Å². The van der Waals surface area contributed by atoms with Gasteiger partial charge in [0, 0.05) is 21.1 Å². The molecular formula is C65H60S. The topological polar surface area (TPSA) is 0 Å². The molecule has 1 fully saturated rings. The summed E-state index contributed by atoms with van der Waals surface area (Å²) in [5.41, 5.74) is 19.9. The van der Waals surface area contributed by atoms with Crippen LogP contribution < -0.4 is 0 Å². The molecule has 1 saturated carbocycles. The van der Waals surface area contributed by atoms with Gasteiger partial charge in [-0.05, 0) is 173 Å². The van der Waals surface area contributed by atoms with Crippen molar-refractivity contribution in [1.82, 2.24) is 0 Å². The highest BCUT2D eigenvalue weighted by molar-refractivity contribution is 8.33. The molecular weight excluding hydrogens is 813 g/mol. The van der Waals surface area contributed by atoms with E-state index in [1.165, 1.54) is 98.1 Å². The van der Waals surface area contributed by atoms with E-state index in [-0.39, 0.29) is 10.8 Å². The van der Waals surface area contributed by atoms with E-state index in [1.54, 1.807) is 11.1 Å². The van der Waals surface area contributed by atoms with Crippen LogP contribution in [0.2, 0.25) is 0 Å². The predicted octanol–water partition coefficient (Wildman–Crippen LogP) is 17.6. The summed E-state index contributed by atoms with van der Waals surface area (Å²) in [5, 5.41) is 5.49. The van der Waals surface area contributed by atoms with Gasteiger partial charge >= 0.3 is 0 Å². The van der Waals surface area contributed by atoms with Crippen LogP contribution in [0.5, 0.6) is 0 Å². The highest BCUT2D eigenvalue weighted by Crippen LogP contribution is 2.69. The van der Waals surface area contributed by atoms with Gasteiger partial charge < -0.3 is 0 Å². The Balaban J connectivity index is 1.10. The van der Waals surface area contributed by atoms with E-state index in [0.717, 1.165) is 19.3 Å². The van der Waals surface area contributed by atoms with Crippen molar-refractivity contribution in [1.29, 1.82) is 0 Å². The monoisotopic (exact) mass is 872 g/mol. The number of rotatable bonds is 4. The van der Waals surface area contributed by atoms with Crippen LogP contribution in [0, 0.1) is 29.1 Å². The number of hydrogen-bond acceptors (Lipinski definition) is 0. The summed E-state index contributed by atoms with van der Waals surface area (Å²) in [7, 11) is -1.26. The maximum absolute atomic E-state index is 2.68. The van der Waals surface area contributed by atoms with Crippen LogP contribution in [0.4, 0.5) is 0 Å². The van der Waals surface area contributed by atoms with Crippen molar-refractivity contribution in [2.45, 2.75) is 75.0 Å². The van der Waals surface area contributed by atoms with E-state index in [0.29, 0.717) is 29.6 Å². The molecule has 6 aliphatic carbocycles. The molecule has 6 aromatic rings. The molecule has 5 unspecified atom stereocenters. The standard InChI is InChI=1S/C65H60S/c1-39-33-45(36-58-61(39)50-21-12-15-23-56(50)65(58,4)5)63-49-32-29-43(42-27-25-41(26-28-42)40-17-9-8-10-18-40)34-52(49)62(44-30-31-47-46-19-11-14-22-55(46)64(2,3)57(47)35-44)54-38-60-51(37-53(54)63)48-20-13-16-24-59(48)66(60,6)7/h8-9,11-17,19-30,32-39,47,50,56,61H,10,18,31H2,1-7H3. The molecule has 5 atom stereocenters. The van der Waals surface area contributed by atoms with E-state index < -0.39 is 10.0 Å². The summed E-state index contributed by atoms with van der Waals surface area (Å²) in [4.78, 5) is 3.02. The van der Waals surface area contributed by atoms with Crippen LogP contribution in [0.1, 0.15) is 87.6 Å². The van der Waals surface area contributed by atoms with Crippen molar-refractivity contribution in [2.75, 3.05) is 12.5 Å². The molecule has 0 amide bonds. The van der Waals surface area contributed by atoms with Crippen molar-refractivity contribution < 1.29 is 0 Å². The first kappa shape index (κ1) is 40.4. The van der Waals surface area contributed by atoms with Crippen molar-refractivity contribution in [3.63, 3.8) is 0 Å². The Hall–Kier alpha value is -5.89. The molecule has 7 aliphatic rings. The average molecular weight is 873 g/mol. The molecule has 1 aliphatic heterocycles. The second kappa shape index (κ2) is 14.3. The van der Waals surface area contributed by atoms with Gasteiger partial charge in [-0.1, -0.05) is 191 Å². The van der Waals surface area contributed by atoms with E-state index in [1.807, 2.05) is 0 Å². The molecule has 0 nitrogen and oxygen atoms in total. The van der Waals surface area contributed by atoms with Gasteiger partial charge in [0.05, 0.1) is 0 Å². The lowest BCUT2D eigenvalue weighted by molar-refractivity contribution is 0.311. The van der Waals surface area contributed by atoms with Gasteiger partial charge in [-0.3, -0.25) is 0 Å². The van der Waals surface area contributed by atoms with Gasteiger partial charge in [-0.2, -0.15) is 10.0 Å². The molecule has 66 heavy (non-hydrogen) atoms. The zero-order valence-corrected chi connectivity index (χ0v) is 40.4. The zero-order chi connectivity index (χ0) is 44.9. The number of hydrogen-bond donors (Lipinski definition) is 0. The first-order chi connectivity index (χ1) is 31.9. The molecule has 326 valence electrons. The third kappa shape index (κ3) is 5.65. The Morgan fingerprint density at radius 3 is 2.17 bits per heavy atom. The van der Waals surface area contributed by atoms with Gasteiger partial charge in [-0.25, -0.2) is 0 Å². The third-order valence-corrected chi connectivity index (χ3v) is 20.4. The predicted molar refractivity (Wildman–Crippen MR) is 285 cm³/mol. The van der Waals surface area contributed by atoms with Crippen LogP contribution in [0.15, 0.2) is 191 Å². The molecule has 0 N–H and O–H groups in total. The molecule has 0 spiro atoms. The summed E-state index contributed by atoms with van der Waals surface area (Å²) in [6.45, 7) is 12.4. The second-order valence-electron chi connectivity index (χ2n) is 21.9. The Morgan fingerprint density at radius 2 is 1.33 bits per heavy atom. The summed E-state index contributed by atoms with van der Waals surface area (Å²) in [6.07, 6.45) is 35.2. The Labute approximate surface area is 394 Å². The smallest absolute Gasteiger partial charge is 0.0118 e. The largest absolute Gasteiger partial charge is 0.192 e. The summed E-state index contributed by atoms with van der Waals surface area (Å²) < 4.78 is 0. The molecule has 0 bridgehead atoms. The van der Waals surface area contributed by atoms with E-state index >= 15 is 0 Å². The minimum Gasteiger partial charge on any atom is -0.192 e. The summed E-state index contributed by atoms with van der Waals surface area (Å²) in [6, 6.07) is 40.7. The lowest BCUT2D eigenvalue weighted by atomic mass is 9.72. The Morgan fingerprint density at radius 1 is 0.621 bits per heavy atom. The van der Waals surface area contributed by atoms with Crippen LogP contribution in [-0.4, -0.2) is 12.5 Å². The van der Waals surface area contributed by atoms with Crippen molar-refractivity contribution in [3.8, 4) is 22.3 Å². The second-order valence-corrected chi connectivity index (χ2v) is 25.5. The first-order valence-electron chi connectivity index (χ1n) is 24.6. The minimum atomic E-state index is -1.26. The van der Waals surface area contributed by atoms with Gasteiger partial charge in [0.1, 0.15) is 0 Å². The van der Waals surface area contributed by atoms with Gasteiger partial charge in [0.2, 0.25) is 0 Å². The van der Waals surface area contributed by atoms with Gasteiger partial charge in [-0.15, -0.1) is 0 Å². The average Bonchev–Trinajstić information content (AvgIpc) is 3.82. The lowest BCUT2D eigenvalue weighted by Gasteiger charge is -2.33. The molecule has 1 heterocycles. The fraction of sp³-hybridized carbons (Fsp3) is 0.262. The highest BCUT2D eigenvalue weighted by Gasteiger charge is 2.52. The van der Waals surface area contributed by atoms with E-state index in [4.69, 9.17) is 0 Å². The quantitative estimate of drug-likeness (QED) is 0.155. The molecule has 0 radical (unpaired) electrons. The maximum atomic E-state index is 2.68. The normalized spacial score (nSPS) is 26.0. The van der Waals surface area contributed by atoms with Gasteiger partial charge in [0.25, 0.3) is 0 Å². The lowest BCUT2D eigenvalue weighted by Crippen LogP contribution is -2.21. The van der Waals surface area contributed by atoms with Crippen LogP contribution in [-0.2, 0) is 5.41 Å². The number of fused-ring (bicyclic) bond motifs is 11. The highest BCUT2D eigenvalue weighted by atomic mass is 32.3. The fourth-order valence-electron chi connectivity index (χ4n) is 14.2. The maximum Gasteiger partial charge on any atom is 0.0118 e. The fourth-order valence-corrected chi connectivity index (χ4v) is 16.7. The summed E-state index contributed by atoms with van der Waals surface area (Å²) >= 11 is 0. The molecule has 6 aromatic carbocycles. The third-order valence-electron chi connectivity index (χ3n) is 17.5. The zero-order valence-electron chi connectivity index (χ0n) is 39.6. The molecule has 1 heteroatoms. The van der Waals surface area contributed by atoms with E-state index in [2.05, 4.69) is 217 Å². The Kier molecular flexibility index (Phi) is 8.76. The van der Waals surface area contributed by atoms with Crippen LogP contribution in [0.25, 0.3) is 60.5 Å². The minimum absolute atomic E-state index is 0.0424. The first-order valence-corrected chi connectivity index (χ1v) is 27.0. The van der Waals surface area contributed by atoms with Crippen molar-refractivity contribution in [2.24, 2.45) is 29.1 Å². The van der Waals surface area contributed by atoms with Crippen molar-refractivity contribution in [3.05, 3.63) is 209 Å². The SMILES string of the molecule is CC1C=C(c2c3ccc(-c4ccc(C5=CC=CCC5)cc4)cc3c(C3=CCC4C(=C3)C(C)(C)c3ccccc34)c3cc4c(cc23)-c2ccccc2S4(C)C)C=C2C1C1C=CC=CC1C2(C)C. The van der Waals surface area contributed by atoms with Gasteiger partial charge in [0.15, 0.2) is 0 Å². The number of benzene rings is 6. The molecule has 0 aromatic heterocycles. The van der Waals surface area contributed by atoms with Crippen LogP contribution in [0.3, 0.4) is 0 Å². The Bertz CT molecular complexity index is 3380. The summed E-state index contributed by atoms with van der Waals surface area (Å²) in [5.74, 6) is 2.38.